The summed E-state index contributed by atoms with van der Waals surface area (Å²) < 4.78 is 39.3. The van der Waals surface area contributed by atoms with Crippen molar-refractivity contribution >= 4 is 29.0 Å². The Kier molecular flexibility index (Phi) is 5.09. The molecule has 0 saturated carbocycles. The Labute approximate surface area is 168 Å². The number of β-amino-alcohol motifs (C(OH)–C–C–N with tert-alkyl or cyclic N) is 1. The van der Waals surface area contributed by atoms with Crippen molar-refractivity contribution in [1.82, 2.24) is 0 Å². The molecule has 2 aromatic rings. The highest BCUT2D eigenvalue weighted by Gasteiger charge is 2.42. The molecule has 0 unspecified atom stereocenters. The maximum atomic E-state index is 13.1. The fraction of sp³-hybridized carbons (Fsp3) is 0.200. The quantitative estimate of drug-likeness (QED) is 0.743. The molecule has 10 heteroatoms. The monoisotopic (exact) mass is 417 g/mol. The zero-order valence-electron chi connectivity index (χ0n) is 15.4. The number of rotatable bonds is 4. The van der Waals surface area contributed by atoms with E-state index in [0.717, 1.165) is 24.0 Å². The lowest BCUT2D eigenvalue weighted by molar-refractivity contribution is -0.138. The van der Waals surface area contributed by atoms with Gasteiger partial charge in [-0.3, -0.25) is 14.4 Å². The average molecular weight is 417 g/mol. The number of halogens is 3. The molecule has 2 N–H and O–H groups in total. The topological polar surface area (TPSA) is 110 Å². The lowest BCUT2D eigenvalue weighted by Gasteiger charge is -2.28. The molecule has 0 saturated heterocycles. The predicted molar refractivity (Wildman–Crippen MR) is 98.5 cm³/mol. The summed E-state index contributed by atoms with van der Waals surface area (Å²) in [6, 6.07) is 10.0. The van der Waals surface area contributed by atoms with Gasteiger partial charge in [0.2, 0.25) is 0 Å². The second kappa shape index (κ2) is 7.27. The van der Waals surface area contributed by atoms with E-state index in [0.29, 0.717) is 6.07 Å². The van der Waals surface area contributed by atoms with Gasteiger partial charge >= 0.3 is 6.18 Å². The number of ketones is 1. The fourth-order valence-corrected chi connectivity index (χ4v) is 3.00. The third-order valence-corrected chi connectivity index (χ3v) is 4.54. The normalized spacial score (nSPS) is 15.4. The van der Waals surface area contributed by atoms with Crippen molar-refractivity contribution in [2.75, 3.05) is 16.8 Å². The Morgan fingerprint density at radius 3 is 2.50 bits per heavy atom. The number of anilines is 2. The van der Waals surface area contributed by atoms with E-state index in [1.165, 1.54) is 18.2 Å². The molecule has 2 amide bonds. The van der Waals surface area contributed by atoms with Crippen LogP contribution in [0.3, 0.4) is 0 Å². The Balaban J connectivity index is 1.83. The van der Waals surface area contributed by atoms with E-state index in [4.69, 9.17) is 5.26 Å². The van der Waals surface area contributed by atoms with Crippen molar-refractivity contribution < 1.29 is 32.7 Å². The molecule has 0 bridgehead atoms. The number of carbonyl (C=O) groups is 3. The summed E-state index contributed by atoms with van der Waals surface area (Å²) in [5, 5.41) is 21.5. The second-order valence-electron chi connectivity index (χ2n) is 6.84. The van der Waals surface area contributed by atoms with Crippen LogP contribution in [0.4, 0.5) is 24.5 Å². The first-order valence-corrected chi connectivity index (χ1v) is 8.56. The molecule has 1 atom stereocenters. The number of hydrogen-bond acceptors (Lipinski definition) is 5. The minimum atomic E-state index is -4.82. The van der Waals surface area contributed by atoms with Gasteiger partial charge in [0.1, 0.15) is 0 Å². The van der Waals surface area contributed by atoms with Gasteiger partial charge in [-0.15, -0.1) is 0 Å². The van der Waals surface area contributed by atoms with Crippen LogP contribution in [0.15, 0.2) is 42.5 Å². The van der Waals surface area contributed by atoms with E-state index in [2.05, 4.69) is 5.32 Å². The van der Waals surface area contributed by atoms with Crippen molar-refractivity contribution in [2.45, 2.75) is 18.7 Å². The van der Waals surface area contributed by atoms with Gasteiger partial charge in [0.25, 0.3) is 17.6 Å². The molecule has 3 rings (SSSR count). The van der Waals surface area contributed by atoms with Gasteiger partial charge in [0.15, 0.2) is 5.60 Å². The van der Waals surface area contributed by atoms with Crippen LogP contribution in [0.1, 0.15) is 28.4 Å². The number of fused-ring (bicyclic) bond motifs is 1. The molecule has 2 aromatic carbocycles. The zero-order chi connectivity index (χ0) is 22.3. The number of nitriles is 1. The molecule has 0 aromatic heterocycles. The first-order chi connectivity index (χ1) is 14.0. The van der Waals surface area contributed by atoms with Crippen LogP contribution >= 0.6 is 0 Å². The highest BCUT2D eigenvalue weighted by atomic mass is 19.4. The number of alkyl halides is 3. The summed E-state index contributed by atoms with van der Waals surface area (Å²) in [5.74, 6) is -2.81. The van der Waals surface area contributed by atoms with E-state index < -0.39 is 47.0 Å². The van der Waals surface area contributed by atoms with Crippen LogP contribution in [0.2, 0.25) is 0 Å². The Morgan fingerprint density at radius 2 is 1.87 bits per heavy atom. The number of nitrogens with zero attached hydrogens (tertiary/aromatic N) is 2. The minimum absolute atomic E-state index is 0.126. The van der Waals surface area contributed by atoms with E-state index in [1.807, 2.05) is 0 Å². The number of benzene rings is 2. The van der Waals surface area contributed by atoms with Crippen molar-refractivity contribution in [1.29, 1.82) is 5.26 Å². The predicted octanol–water partition coefficient (Wildman–Crippen LogP) is 2.50. The van der Waals surface area contributed by atoms with Gasteiger partial charge in [-0.1, -0.05) is 12.1 Å². The molecular formula is C20H14F3N3O4. The van der Waals surface area contributed by atoms with Crippen molar-refractivity contribution in [3.63, 3.8) is 0 Å². The zero-order valence-corrected chi connectivity index (χ0v) is 15.4. The molecule has 0 fully saturated rings. The summed E-state index contributed by atoms with van der Waals surface area (Å²) >= 11 is 0. The molecule has 30 heavy (non-hydrogen) atoms. The van der Waals surface area contributed by atoms with Crippen LogP contribution < -0.4 is 10.2 Å². The highest BCUT2D eigenvalue weighted by Crippen LogP contribution is 2.34. The fourth-order valence-electron chi connectivity index (χ4n) is 3.00. The van der Waals surface area contributed by atoms with Crippen LogP contribution in [0.5, 0.6) is 0 Å². The average Bonchev–Trinajstić information content (AvgIpc) is 2.92. The number of para-hydroxylation sites is 1. The second-order valence-corrected chi connectivity index (χ2v) is 6.84. The molecule has 1 aliphatic rings. The van der Waals surface area contributed by atoms with Gasteiger partial charge in [-0.25, -0.2) is 0 Å². The first kappa shape index (κ1) is 21.0. The van der Waals surface area contributed by atoms with Gasteiger partial charge in [0, 0.05) is 5.69 Å². The van der Waals surface area contributed by atoms with E-state index >= 15 is 0 Å². The Hall–Kier alpha value is -3.71. The van der Waals surface area contributed by atoms with Gasteiger partial charge < -0.3 is 15.3 Å². The largest absolute Gasteiger partial charge is 0.417 e. The van der Waals surface area contributed by atoms with Crippen LogP contribution in [-0.2, 0) is 15.8 Å². The maximum absolute atomic E-state index is 13.1. The number of hydrogen-bond donors (Lipinski definition) is 2. The van der Waals surface area contributed by atoms with Gasteiger partial charge in [-0.2, -0.15) is 18.4 Å². The number of aliphatic hydroxyl groups is 1. The SMILES string of the molecule is C[C@](O)(CN1C(=O)C(=O)c2ccccc21)C(=O)Nc1ccc(C#N)c(C(F)(F)F)c1. The summed E-state index contributed by atoms with van der Waals surface area (Å²) in [6.45, 7) is 0.470. The highest BCUT2D eigenvalue weighted by molar-refractivity contribution is 6.52. The molecule has 7 nitrogen and oxygen atoms in total. The third-order valence-electron chi connectivity index (χ3n) is 4.54. The van der Waals surface area contributed by atoms with Gasteiger partial charge in [0.05, 0.1) is 35.0 Å². The van der Waals surface area contributed by atoms with E-state index in [-0.39, 0.29) is 16.9 Å². The summed E-state index contributed by atoms with van der Waals surface area (Å²) in [7, 11) is 0. The van der Waals surface area contributed by atoms with Crippen LogP contribution in [-0.4, -0.2) is 34.8 Å². The van der Waals surface area contributed by atoms with Crippen molar-refractivity contribution in [3.05, 3.63) is 59.2 Å². The number of amides is 2. The maximum Gasteiger partial charge on any atom is 0.417 e. The molecular weight excluding hydrogens is 403 g/mol. The first-order valence-electron chi connectivity index (χ1n) is 8.56. The summed E-state index contributed by atoms with van der Waals surface area (Å²) in [4.78, 5) is 37.7. The Bertz CT molecular complexity index is 1100. The van der Waals surface area contributed by atoms with Crippen LogP contribution in [0.25, 0.3) is 0 Å². The smallest absolute Gasteiger partial charge is 0.378 e. The lowest BCUT2D eigenvalue weighted by Crippen LogP contribution is -2.51. The van der Waals surface area contributed by atoms with E-state index in [9.17, 15) is 32.7 Å². The van der Waals surface area contributed by atoms with E-state index in [1.54, 1.807) is 12.1 Å². The summed E-state index contributed by atoms with van der Waals surface area (Å²) in [5.41, 5.74) is -4.05. The molecule has 0 aliphatic carbocycles. The molecule has 0 radical (unpaired) electrons. The Morgan fingerprint density at radius 1 is 1.20 bits per heavy atom. The van der Waals surface area contributed by atoms with Crippen LogP contribution in [0, 0.1) is 11.3 Å². The number of nitrogens with one attached hydrogen (secondary N) is 1. The van der Waals surface area contributed by atoms with Crippen molar-refractivity contribution in [2.24, 2.45) is 0 Å². The lowest BCUT2D eigenvalue weighted by atomic mass is 10.0. The third kappa shape index (κ3) is 3.75. The molecule has 154 valence electrons. The molecule has 1 aliphatic heterocycles. The number of Topliss-reactive ketones (excluding diaryl/α,β-unsaturated/α-hetero) is 1. The van der Waals surface area contributed by atoms with Gasteiger partial charge in [-0.05, 0) is 37.3 Å². The summed E-state index contributed by atoms with van der Waals surface area (Å²) in [6.07, 6.45) is -4.82. The molecule has 1 heterocycles. The standard InChI is InChI=1S/C20H14F3N3O4/c1-19(30,10-26-15-5-3-2-4-13(15)16(27)17(26)28)18(29)25-12-7-6-11(9-24)14(8-12)20(21,22)23/h2-8,30H,10H2,1H3,(H,25,29)/t19-/m0/s1. The minimum Gasteiger partial charge on any atom is -0.378 e. The van der Waals surface area contributed by atoms with Crippen molar-refractivity contribution in [3.8, 4) is 6.07 Å². The molecule has 0 spiro atoms. The number of carbonyl (C=O) groups excluding carboxylic acids is 3.